The Kier molecular flexibility index (Phi) is 27.6. The molecular formula is C37H73ClN2O5. The van der Waals surface area contributed by atoms with Crippen LogP contribution in [-0.2, 0) is 19.2 Å². The third-order valence-corrected chi connectivity index (χ3v) is 9.11. The van der Waals surface area contributed by atoms with Gasteiger partial charge in [-0.1, -0.05) is 129 Å². The lowest BCUT2D eigenvalue weighted by Gasteiger charge is -2.54. The number of piperidine rings is 1. The van der Waals surface area contributed by atoms with E-state index in [1.165, 1.54) is 103 Å². The predicted octanol–water partition coefficient (Wildman–Crippen LogP) is 9.66. The van der Waals surface area contributed by atoms with Gasteiger partial charge in [0.05, 0.1) is 25.9 Å². The molecule has 1 rings (SSSR count). The molecule has 0 aromatic heterocycles. The second-order valence-corrected chi connectivity index (χ2v) is 14.6. The van der Waals surface area contributed by atoms with E-state index in [4.69, 9.17) is 21.2 Å². The molecular weight excluding hydrogens is 588 g/mol. The van der Waals surface area contributed by atoms with E-state index in [2.05, 4.69) is 51.9 Å². The van der Waals surface area contributed by atoms with Gasteiger partial charge in [-0.05, 0) is 53.4 Å². The van der Waals surface area contributed by atoms with Crippen molar-refractivity contribution in [1.29, 1.82) is 0 Å². The number of nitrogens with zero attached hydrogens (tertiary/aromatic N) is 1. The average molecular weight is 661 g/mol. The minimum Gasteiger partial charge on any atom is -0.465 e. The molecule has 1 heterocycles. The lowest BCUT2D eigenvalue weighted by atomic mass is 9.78. The van der Waals surface area contributed by atoms with E-state index in [1.54, 1.807) is 0 Å². The first-order valence-electron chi connectivity index (χ1n) is 18.6. The van der Waals surface area contributed by atoms with Crippen molar-refractivity contribution in [2.45, 2.75) is 200 Å². The Morgan fingerprint density at radius 3 is 1.47 bits per heavy atom. The smallest absolute Gasteiger partial charge is 0.320 e. The molecule has 1 amide bonds. The molecule has 1 fully saturated rings. The van der Waals surface area contributed by atoms with Crippen LogP contribution < -0.4 is 5.48 Å². The topological polar surface area (TPSA) is 88.1 Å². The number of aliphatic hydroxyl groups excluding tert-OH is 1. The first kappa shape index (κ1) is 44.1. The van der Waals surface area contributed by atoms with Crippen LogP contribution in [0.25, 0.3) is 0 Å². The molecule has 268 valence electrons. The number of amides is 1. The fourth-order valence-electron chi connectivity index (χ4n) is 6.48. The van der Waals surface area contributed by atoms with Crippen molar-refractivity contribution in [3.63, 3.8) is 0 Å². The highest BCUT2D eigenvalue weighted by Gasteiger charge is 2.45. The van der Waals surface area contributed by atoms with E-state index < -0.39 is 0 Å². The molecule has 1 aliphatic heterocycles. The quantitative estimate of drug-likeness (QED) is 0.0416. The lowest BCUT2D eigenvalue weighted by Crippen LogP contribution is -2.63. The monoisotopic (exact) mass is 661 g/mol. The highest BCUT2D eigenvalue weighted by molar-refractivity contribution is 6.26. The first-order valence-corrected chi connectivity index (χ1v) is 19.1. The number of halogens is 1. The van der Waals surface area contributed by atoms with Crippen LogP contribution in [0.4, 0.5) is 0 Å². The molecule has 1 saturated heterocycles. The molecule has 0 bridgehead atoms. The van der Waals surface area contributed by atoms with E-state index in [1.807, 2.05) is 0 Å². The van der Waals surface area contributed by atoms with Crippen LogP contribution in [0.15, 0.2) is 0 Å². The number of hydrogen-bond acceptors (Lipinski definition) is 6. The van der Waals surface area contributed by atoms with Crippen LogP contribution in [0.2, 0.25) is 0 Å². The second-order valence-electron chi connectivity index (χ2n) is 14.4. The third-order valence-electron chi connectivity index (χ3n) is 8.89. The van der Waals surface area contributed by atoms with Gasteiger partial charge in [-0.3, -0.25) is 19.3 Å². The van der Waals surface area contributed by atoms with Crippen LogP contribution in [0.3, 0.4) is 0 Å². The summed E-state index contributed by atoms with van der Waals surface area (Å²) in [6.07, 6.45) is 26.8. The predicted molar refractivity (Wildman–Crippen MR) is 190 cm³/mol. The summed E-state index contributed by atoms with van der Waals surface area (Å²) in [4.78, 5) is 30.6. The molecule has 0 aromatic rings. The summed E-state index contributed by atoms with van der Waals surface area (Å²) in [5, 5.41) is 10.1. The summed E-state index contributed by atoms with van der Waals surface area (Å²) in [5.41, 5.74) is 2.18. The summed E-state index contributed by atoms with van der Waals surface area (Å²) in [7, 11) is 0. The van der Waals surface area contributed by atoms with Crippen molar-refractivity contribution in [1.82, 2.24) is 10.4 Å². The van der Waals surface area contributed by atoms with E-state index in [0.29, 0.717) is 32.6 Å². The molecule has 2 N–H and O–H groups in total. The fraction of sp³-hybridized carbons (Fsp3) is 0.946. The molecule has 0 unspecified atom stereocenters. The maximum atomic E-state index is 12.3. The number of rotatable bonds is 26. The maximum Gasteiger partial charge on any atom is 0.320 e. The number of unbranched alkanes of at least 4 members (excludes halogenated alkanes) is 18. The van der Waals surface area contributed by atoms with Gasteiger partial charge in [0, 0.05) is 11.1 Å². The highest BCUT2D eigenvalue weighted by Crippen LogP contribution is 2.38. The van der Waals surface area contributed by atoms with Gasteiger partial charge in [0.25, 0.3) is 5.91 Å². The highest BCUT2D eigenvalue weighted by atomic mass is 35.5. The third kappa shape index (κ3) is 24.9. The zero-order valence-electron chi connectivity index (χ0n) is 30.4. The lowest BCUT2D eigenvalue weighted by molar-refractivity contribution is -0.144. The maximum absolute atomic E-state index is 12.3. The van der Waals surface area contributed by atoms with Gasteiger partial charge in [-0.25, -0.2) is 5.48 Å². The Balaban J connectivity index is 0.000000976. The summed E-state index contributed by atoms with van der Waals surface area (Å²) in [5.74, 6) is -0.440. The van der Waals surface area contributed by atoms with Gasteiger partial charge in [-0.15, -0.1) is 11.6 Å². The van der Waals surface area contributed by atoms with Crippen LogP contribution in [0.1, 0.15) is 183 Å². The SMILES string of the molecule is CCCCCCCCCCCCOC(=O)CCl.CCCCCCCCCCCCONC(=O)CN1C(C)(C)CC(O)CC1(C)C. The Morgan fingerprint density at radius 1 is 0.689 bits per heavy atom. The fourth-order valence-corrected chi connectivity index (χ4v) is 6.55. The van der Waals surface area contributed by atoms with Gasteiger partial charge >= 0.3 is 5.97 Å². The van der Waals surface area contributed by atoms with E-state index >= 15 is 0 Å². The molecule has 0 spiro atoms. The number of carbonyl (C=O) groups excluding carboxylic acids is 2. The van der Waals surface area contributed by atoms with Gasteiger partial charge < -0.3 is 9.84 Å². The van der Waals surface area contributed by atoms with E-state index in [-0.39, 0.29) is 34.9 Å². The Labute approximate surface area is 283 Å². The number of alkyl halides is 1. The van der Waals surface area contributed by atoms with Gasteiger partial charge in [0.2, 0.25) is 0 Å². The van der Waals surface area contributed by atoms with Crippen molar-refractivity contribution in [3.8, 4) is 0 Å². The Bertz CT molecular complexity index is 701. The van der Waals surface area contributed by atoms with Gasteiger partial charge in [0.15, 0.2) is 0 Å². The van der Waals surface area contributed by atoms with Crippen LogP contribution in [-0.4, -0.2) is 64.7 Å². The zero-order valence-corrected chi connectivity index (χ0v) is 31.1. The number of hydroxylamine groups is 1. The summed E-state index contributed by atoms with van der Waals surface area (Å²) in [6, 6.07) is 0. The van der Waals surface area contributed by atoms with Crippen molar-refractivity contribution < 1.29 is 24.3 Å². The molecule has 0 saturated carbocycles. The second kappa shape index (κ2) is 28.2. The zero-order chi connectivity index (χ0) is 33.8. The summed E-state index contributed by atoms with van der Waals surface area (Å²) >= 11 is 5.31. The first-order chi connectivity index (χ1) is 21.5. The largest absolute Gasteiger partial charge is 0.465 e. The minimum absolute atomic E-state index is 0.0300. The number of carbonyl (C=O) groups is 2. The standard InChI is InChI=1S/C23H46N2O3.C14H27ClO2/c1-6-7-8-9-10-11-12-13-14-15-16-28-24-21(27)19-25-22(2,3)17-20(26)18-23(25,4)5;1-2-3-4-5-6-7-8-9-10-11-12-17-14(16)13-15/h20,26H,6-19H2,1-5H3,(H,24,27);2-13H2,1H3. The summed E-state index contributed by atoms with van der Waals surface area (Å²) < 4.78 is 4.89. The van der Waals surface area contributed by atoms with Crippen molar-refractivity contribution >= 4 is 23.5 Å². The van der Waals surface area contributed by atoms with Crippen molar-refractivity contribution in [2.24, 2.45) is 0 Å². The molecule has 0 atom stereocenters. The number of hydrogen-bond donors (Lipinski definition) is 2. The Morgan fingerprint density at radius 2 is 1.07 bits per heavy atom. The van der Waals surface area contributed by atoms with Crippen molar-refractivity contribution in [2.75, 3.05) is 25.6 Å². The number of aliphatic hydroxyl groups is 1. The number of likely N-dealkylation sites (tertiary alicyclic amines) is 1. The van der Waals surface area contributed by atoms with E-state index in [9.17, 15) is 14.7 Å². The van der Waals surface area contributed by atoms with Crippen LogP contribution in [0, 0.1) is 0 Å². The Hall–Kier alpha value is -0.890. The number of ether oxygens (including phenoxy) is 1. The van der Waals surface area contributed by atoms with E-state index in [0.717, 1.165) is 25.7 Å². The molecule has 7 nitrogen and oxygen atoms in total. The number of nitrogens with one attached hydrogen (secondary N) is 1. The molecule has 1 aliphatic rings. The van der Waals surface area contributed by atoms with Gasteiger partial charge in [-0.2, -0.15) is 0 Å². The summed E-state index contributed by atoms with van der Waals surface area (Å²) in [6.45, 7) is 14.3. The molecule has 45 heavy (non-hydrogen) atoms. The van der Waals surface area contributed by atoms with Crippen molar-refractivity contribution in [3.05, 3.63) is 0 Å². The van der Waals surface area contributed by atoms with Gasteiger partial charge in [0.1, 0.15) is 5.88 Å². The van der Waals surface area contributed by atoms with Crippen LogP contribution >= 0.6 is 11.6 Å². The molecule has 0 aromatic carbocycles. The number of esters is 1. The van der Waals surface area contributed by atoms with Crippen LogP contribution in [0.5, 0.6) is 0 Å². The molecule has 0 radical (unpaired) electrons. The minimum atomic E-state index is -0.308. The molecule has 0 aliphatic carbocycles. The normalized spacial score (nSPS) is 16.2. The average Bonchev–Trinajstić information content (AvgIpc) is 2.98. The molecule has 8 heteroatoms.